The summed E-state index contributed by atoms with van der Waals surface area (Å²) in [4.78, 5) is 14.0. The maximum atomic E-state index is 11.9. The summed E-state index contributed by atoms with van der Waals surface area (Å²) in [5.74, 6) is -0.222. The van der Waals surface area contributed by atoms with E-state index in [2.05, 4.69) is 11.9 Å². The molecule has 2 heterocycles. The largest absolute Gasteiger partial charge is 1.00 e. The molecule has 1 aromatic carbocycles. The Kier molecular flexibility index (Phi) is 4.87. The lowest BCUT2D eigenvalue weighted by molar-refractivity contribution is -0.919. The first-order valence-corrected chi connectivity index (χ1v) is 7.75. The molecule has 6 heteroatoms. The van der Waals surface area contributed by atoms with Gasteiger partial charge in [0.1, 0.15) is 12.1 Å². The van der Waals surface area contributed by atoms with Crippen molar-refractivity contribution in [2.75, 3.05) is 37.3 Å². The highest BCUT2D eigenvalue weighted by atomic mass is 35.5. The molecular formula is C16H25ClN4O. The third kappa shape index (κ3) is 3.01. The van der Waals surface area contributed by atoms with Crippen LogP contribution in [0, 0.1) is 0 Å². The van der Waals surface area contributed by atoms with Crippen molar-refractivity contribution in [3.8, 4) is 0 Å². The number of benzene rings is 1. The molecule has 2 aliphatic rings. The number of likely N-dealkylation sites (tertiary alicyclic amines) is 1. The predicted octanol–water partition coefficient (Wildman–Crippen LogP) is -2.05. The van der Waals surface area contributed by atoms with Crippen LogP contribution in [0.3, 0.4) is 0 Å². The number of likely N-dealkylation sites (N-methyl/N-ethyl adjacent to an activating group) is 1. The fraction of sp³-hybridized carbons (Fsp3) is 0.562. The fourth-order valence-corrected chi connectivity index (χ4v) is 3.91. The number of nitrogen functional groups attached to an aromatic ring is 1. The zero-order valence-electron chi connectivity index (χ0n) is 13.0. The summed E-state index contributed by atoms with van der Waals surface area (Å²) in [5.41, 5.74) is 13.2. The van der Waals surface area contributed by atoms with Crippen LogP contribution in [0.1, 0.15) is 19.3 Å². The molecule has 5 nitrogen and oxygen atoms in total. The number of nitrogens with zero attached hydrogens (tertiary/aromatic N) is 2. The molecule has 2 fully saturated rings. The number of amides is 1. The zero-order chi connectivity index (χ0) is 15.0. The molecule has 2 atom stereocenters. The Hall–Kier alpha value is -1.46. The van der Waals surface area contributed by atoms with Gasteiger partial charge in [-0.3, -0.25) is 4.79 Å². The highest BCUT2D eigenvalue weighted by Gasteiger charge is 2.46. The van der Waals surface area contributed by atoms with E-state index >= 15 is 0 Å². The van der Waals surface area contributed by atoms with Crippen molar-refractivity contribution < 1.29 is 21.7 Å². The van der Waals surface area contributed by atoms with E-state index in [1.165, 1.54) is 25.9 Å². The summed E-state index contributed by atoms with van der Waals surface area (Å²) in [6, 6.07) is 8.02. The van der Waals surface area contributed by atoms with Gasteiger partial charge in [0.2, 0.25) is 5.91 Å². The third-order valence-electron chi connectivity index (χ3n) is 5.30. The number of nitrogens with two attached hydrogens (primary N) is 2. The Morgan fingerprint density at radius 3 is 2.36 bits per heavy atom. The van der Waals surface area contributed by atoms with Crippen molar-refractivity contribution in [2.45, 2.75) is 31.3 Å². The molecule has 0 saturated carbocycles. The Morgan fingerprint density at radius 1 is 1.23 bits per heavy atom. The molecule has 2 saturated heterocycles. The van der Waals surface area contributed by atoms with E-state index in [-0.39, 0.29) is 24.4 Å². The molecule has 3 rings (SSSR count). The van der Waals surface area contributed by atoms with Crippen LogP contribution in [0.25, 0.3) is 0 Å². The van der Waals surface area contributed by atoms with Crippen LogP contribution in [0.4, 0.5) is 11.4 Å². The van der Waals surface area contributed by atoms with Crippen molar-refractivity contribution >= 4 is 17.3 Å². The van der Waals surface area contributed by atoms with Crippen molar-refractivity contribution in [3.63, 3.8) is 0 Å². The second-order valence-electron chi connectivity index (χ2n) is 6.69. The monoisotopic (exact) mass is 324 g/mol. The van der Waals surface area contributed by atoms with Gasteiger partial charge in [-0.2, -0.15) is 0 Å². The van der Waals surface area contributed by atoms with Crippen molar-refractivity contribution in [3.05, 3.63) is 24.3 Å². The van der Waals surface area contributed by atoms with Crippen LogP contribution >= 0.6 is 0 Å². The van der Waals surface area contributed by atoms with E-state index in [0.717, 1.165) is 28.8 Å². The molecular weight excluding hydrogens is 300 g/mol. The van der Waals surface area contributed by atoms with Gasteiger partial charge in [-0.15, -0.1) is 0 Å². The molecule has 0 bridgehead atoms. The number of halogens is 1. The molecule has 122 valence electrons. The van der Waals surface area contributed by atoms with E-state index < -0.39 is 0 Å². The minimum absolute atomic E-state index is 0. The van der Waals surface area contributed by atoms with Crippen LogP contribution in [-0.4, -0.2) is 49.2 Å². The fourth-order valence-electron chi connectivity index (χ4n) is 3.91. The van der Waals surface area contributed by atoms with Gasteiger partial charge in [0.25, 0.3) is 0 Å². The molecule has 2 unspecified atom stereocenters. The van der Waals surface area contributed by atoms with E-state index in [1.807, 2.05) is 24.3 Å². The van der Waals surface area contributed by atoms with Crippen LogP contribution in [-0.2, 0) is 4.79 Å². The minimum Gasteiger partial charge on any atom is -1.00 e. The Bertz CT molecular complexity index is 527. The first-order chi connectivity index (χ1) is 9.99. The lowest BCUT2D eigenvalue weighted by Crippen LogP contribution is -3.00. The summed E-state index contributed by atoms with van der Waals surface area (Å²) in [6.07, 6.45) is 3.43. The van der Waals surface area contributed by atoms with Gasteiger partial charge in [-0.1, -0.05) is 0 Å². The summed E-state index contributed by atoms with van der Waals surface area (Å²) >= 11 is 0. The highest BCUT2D eigenvalue weighted by Crippen LogP contribution is 2.33. The van der Waals surface area contributed by atoms with Gasteiger partial charge in [-0.25, -0.2) is 0 Å². The molecule has 4 N–H and O–H groups in total. The third-order valence-corrected chi connectivity index (χ3v) is 5.30. The van der Waals surface area contributed by atoms with Crippen LogP contribution < -0.4 is 28.8 Å². The number of anilines is 2. The first-order valence-electron chi connectivity index (χ1n) is 7.75. The quantitative estimate of drug-likeness (QED) is 0.496. The highest BCUT2D eigenvalue weighted by molar-refractivity contribution is 5.84. The zero-order valence-corrected chi connectivity index (χ0v) is 13.8. The second kappa shape index (κ2) is 6.34. The van der Waals surface area contributed by atoms with Crippen LogP contribution in [0.15, 0.2) is 24.3 Å². The standard InChI is InChI=1S/C16H24N4O.ClH/c1-20(8-2-3-9-20)14-10-15(16(18)21)19(11-14)13-6-4-12(17)5-7-13;/h4-7,14-15H,2-3,8-11,17H2,1H3,(H-,18,21);1H. The first kappa shape index (κ1) is 16.9. The smallest absolute Gasteiger partial charge is 0.240 e. The number of primary amides is 1. The van der Waals surface area contributed by atoms with Gasteiger partial charge >= 0.3 is 0 Å². The number of rotatable bonds is 3. The molecule has 1 aromatic rings. The van der Waals surface area contributed by atoms with Crippen molar-refractivity contribution in [2.24, 2.45) is 5.73 Å². The van der Waals surface area contributed by atoms with Gasteiger partial charge in [0.05, 0.1) is 26.7 Å². The summed E-state index contributed by atoms with van der Waals surface area (Å²) in [7, 11) is 2.32. The van der Waals surface area contributed by atoms with Crippen LogP contribution in [0.2, 0.25) is 0 Å². The molecule has 2 aliphatic heterocycles. The number of carbonyl (C=O) groups excluding carboxylic acids is 1. The predicted molar refractivity (Wildman–Crippen MR) is 84.7 cm³/mol. The van der Waals surface area contributed by atoms with E-state index in [4.69, 9.17) is 11.5 Å². The van der Waals surface area contributed by atoms with Crippen molar-refractivity contribution in [1.82, 2.24) is 0 Å². The maximum absolute atomic E-state index is 11.9. The van der Waals surface area contributed by atoms with E-state index in [1.54, 1.807) is 0 Å². The molecule has 0 aliphatic carbocycles. The van der Waals surface area contributed by atoms with Gasteiger partial charge in [0.15, 0.2) is 0 Å². The topological polar surface area (TPSA) is 72.4 Å². The van der Waals surface area contributed by atoms with Gasteiger partial charge < -0.3 is 33.3 Å². The normalized spacial score (nSPS) is 26.7. The Labute approximate surface area is 138 Å². The summed E-state index contributed by atoms with van der Waals surface area (Å²) in [5, 5.41) is 0. The minimum atomic E-state index is -0.222. The molecule has 0 radical (unpaired) electrons. The lowest BCUT2D eigenvalue weighted by atomic mass is 10.1. The average Bonchev–Trinajstić information content (AvgIpc) is 3.07. The van der Waals surface area contributed by atoms with Gasteiger partial charge in [0, 0.05) is 30.6 Å². The Morgan fingerprint density at radius 2 is 1.82 bits per heavy atom. The summed E-state index contributed by atoms with van der Waals surface area (Å²) < 4.78 is 1.08. The number of carbonyl (C=O) groups is 1. The van der Waals surface area contributed by atoms with E-state index in [0.29, 0.717) is 6.04 Å². The number of quaternary nitrogens is 1. The molecule has 0 aromatic heterocycles. The average molecular weight is 325 g/mol. The molecule has 22 heavy (non-hydrogen) atoms. The Balaban J connectivity index is 0.00000176. The number of hydrogen-bond donors (Lipinski definition) is 2. The van der Waals surface area contributed by atoms with Crippen molar-refractivity contribution in [1.29, 1.82) is 0 Å². The van der Waals surface area contributed by atoms with Crippen LogP contribution in [0.5, 0.6) is 0 Å². The molecule has 0 spiro atoms. The lowest BCUT2D eigenvalue weighted by Gasteiger charge is -2.35. The SMILES string of the molecule is C[N+]1(C2CC(C(N)=O)N(c3ccc(N)cc3)C2)CCCC1.[Cl-]. The van der Waals surface area contributed by atoms with Gasteiger partial charge in [-0.05, 0) is 24.3 Å². The second-order valence-corrected chi connectivity index (χ2v) is 6.69. The summed E-state index contributed by atoms with van der Waals surface area (Å²) in [6.45, 7) is 3.32. The van der Waals surface area contributed by atoms with E-state index in [9.17, 15) is 4.79 Å². The molecule has 1 amide bonds. The maximum Gasteiger partial charge on any atom is 0.240 e. The number of hydrogen-bond acceptors (Lipinski definition) is 3.